The molecule has 0 bridgehead atoms. The van der Waals surface area contributed by atoms with E-state index in [9.17, 15) is 14.4 Å². The number of fused-ring (bicyclic) bond motifs is 1. The number of esters is 1. The smallest absolute Gasteiger partial charge is 0.344 e. The van der Waals surface area contributed by atoms with Gasteiger partial charge in [-0.15, -0.1) is 0 Å². The van der Waals surface area contributed by atoms with E-state index in [1.54, 1.807) is 24.3 Å². The number of aryl methyl sites for hydroxylation is 1. The van der Waals surface area contributed by atoms with E-state index < -0.39 is 18.0 Å². The molecular weight excluding hydrogens is 362 g/mol. The molecule has 1 amide bonds. The van der Waals surface area contributed by atoms with Gasteiger partial charge in [0.15, 0.2) is 12.7 Å². The van der Waals surface area contributed by atoms with Crippen molar-refractivity contribution in [2.24, 2.45) is 0 Å². The van der Waals surface area contributed by atoms with Crippen LogP contribution >= 0.6 is 0 Å². The van der Waals surface area contributed by atoms with Gasteiger partial charge in [0.25, 0.3) is 5.91 Å². The van der Waals surface area contributed by atoms with Gasteiger partial charge in [0.2, 0.25) is 0 Å². The molecule has 0 aliphatic carbocycles. The molecule has 0 aliphatic rings. The topological polar surface area (TPSA) is 113 Å². The maximum absolute atomic E-state index is 12.3. The van der Waals surface area contributed by atoms with Gasteiger partial charge in [-0.3, -0.25) is 4.79 Å². The molecule has 3 rings (SSSR count). The highest BCUT2D eigenvalue weighted by atomic mass is 16.6. The molecule has 0 radical (unpaired) electrons. The van der Waals surface area contributed by atoms with Crippen molar-refractivity contribution in [1.82, 2.24) is 9.97 Å². The minimum atomic E-state index is -1.00. The SMILES string of the molecule is Cc1cccc(OCC(=O)O[C@H](C)C(=O)Nc2ccc3[nH]c(=O)[nH]c3c2)c1C. The normalized spacial score (nSPS) is 11.8. The number of anilines is 1. The van der Waals surface area contributed by atoms with E-state index in [1.165, 1.54) is 6.92 Å². The average Bonchev–Trinajstić information content (AvgIpc) is 3.02. The van der Waals surface area contributed by atoms with Crippen molar-refractivity contribution in [2.45, 2.75) is 26.9 Å². The number of H-pyrrole nitrogens is 2. The summed E-state index contributed by atoms with van der Waals surface area (Å²) in [5.74, 6) is -0.533. The molecule has 0 fully saturated rings. The predicted octanol–water partition coefficient (Wildman–Crippen LogP) is 2.42. The number of rotatable bonds is 6. The Morgan fingerprint density at radius 1 is 1.11 bits per heavy atom. The van der Waals surface area contributed by atoms with Crippen molar-refractivity contribution in [1.29, 1.82) is 0 Å². The first-order valence-electron chi connectivity index (χ1n) is 8.75. The van der Waals surface area contributed by atoms with E-state index in [2.05, 4.69) is 15.3 Å². The van der Waals surface area contributed by atoms with E-state index in [4.69, 9.17) is 9.47 Å². The number of hydrogen-bond acceptors (Lipinski definition) is 5. The number of carbonyl (C=O) groups excluding carboxylic acids is 2. The zero-order valence-electron chi connectivity index (χ0n) is 15.8. The van der Waals surface area contributed by atoms with Crippen LogP contribution in [-0.2, 0) is 14.3 Å². The lowest BCUT2D eigenvalue weighted by atomic mass is 10.1. The first kappa shape index (κ1) is 19.2. The zero-order chi connectivity index (χ0) is 20.3. The summed E-state index contributed by atoms with van der Waals surface area (Å²) in [6.07, 6.45) is -1.00. The predicted molar refractivity (Wildman–Crippen MR) is 105 cm³/mol. The van der Waals surface area contributed by atoms with Crippen LogP contribution in [0, 0.1) is 13.8 Å². The molecular formula is C20H21N3O5. The van der Waals surface area contributed by atoms with Gasteiger partial charge in [-0.05, 0) is 56.2 Å². The van der Waals surface area contributed by atoms with Gasteiger partial charge in [-0.25, -0.2) is 9.59 Å². The second kappa shape index (κ2) is 7.99. The van der Waals surface area contributed by atoms with Gasteiger partial charge >= 0.3 is 11.7 Å². The molecule has 8 heteroatoms. The van der Waals surface area contributed by atoms with Crippen LogP contribution in [0.5, 0.6) is 5.75 Å². The van der Waals surface area contributed by atoms with Crippen LogP contribution in [0.4, 0.5) is 5.69 Å². The number of nitrogens with one attached hydrogen (secondary N) is 3. The number of carbonyl (C=O) groups is 2. The summed E-state index contributed by atoms with van der Waals surface area (Å²) < 4.78 is 10.6. The standard InChI is InChI=1S/C20H21N3O5/c1-11-5-4-6-17(12(11)2)27-10-18(24)28-13(3)19(25)21-14-7-8-15-16(9-14)23-20(26)22-15/h4-9,13H,10H2,1-3H3,(H,21,25)(H2,22,23,26)/t13-/m1/s1. The number of hydrogen-bond donors (Lipinski definition) is 3. The second-order valence-electron chi connectivity index (χ2n) is 6.45. The third-order valence-electron chi connectivity index (χ3n) is 4.36. The van der Waals surface area contributed by atoms with Crippen molar-refractivity contribution in [2.75, 3.05) is 11.9 Å². The molecule has 1 heterocycles. The van der Waals surface area contributed by atoms with Crippen LogP contribution in [0.1, 0.15) is 18.1 Å². The molecule has 8 nitrogen and oxygen atoms in total. The van der Waals surface area contributed by atoms with E-state index in [0.29, 0.717) is 22.5 Å². The maximum Gasteiger partial charge on any atom is 0.344 e. The summed E-state index contributed by atoms with van der Waals surface area (Å²) >= 11 is 0. The van der Waals surface area contributed by atoms with Gasteiger partial charge in [-0.1, -0.05) is 12.1 Å². The second-order valence-corrected chi connectivity index (χ2v) is 6.45. The molecule has 3 N–H and O–H groups in total. The zero-order valence-corrected chi connectivity index (χ0v) is 15.8. The Hall–Kier alpha value is -3.55. The molecule has 28 heavy (non-hydrogen) atoms. The Bertz CT molecular complexity index is 1080. The highest BCUT2D eigenvalue weighted by Crippen LogP contribution is 2.20. The third kappa shape index (κ3) is 4.40. The van der Waals surface area contributed by atoms with Gasteiger partial charge < -0.3 is 24.8 Å². The Morgan fingerprint density at radius 3 is 2.64 bits per heavy atom. The summed E-state index contributed by atoms with van der Waals surface area (Å²) in [5, 5.41) is 2.65. The maximum atomic E-state index is 12.3. The molecule has 3 aromatic rings. The fourth-order valence-electron chi connectivity index (χ4n) is 2.66. The molecule has 0 spiro atoms. The molecule has 146 valence electrons. The number of imidazole rings is 1. The van der Waals surface area contributed by atoms with Gasteiger partial charge in [0.1, 0.15) is 5.75 Å². The van der Waals surface area contributed by atoms with Crippen LogP contribution < -0.4 is 15.7 Å². The summed E-state index contributed by atoms with van der Waals surface area (Å²) in [7, 11) is 0. The van der Waals surface area contributed by atoms with E-state index in [0.717, 1.165) is 11.1 Å². The number of aromatic amines is 2. The summed E-state index contributed by atoms with van der Waals surface area (Å²) in [4.78, 5) is 40.8. The van der Waals surface area contributed by atoms with Crippen LogP contribution in [0.25, 0.3) is 11.0 Å². The first-order valence-corrected chi connectivity index (χ1v) is 8.75. The van der Waals surface area contributed by atoms with Crippen LogP contribution in [0.3, 0.4) is 0 Å². The van der Waals surface area contributed by atoms with Gasteiger partial charge in [0.05, 0.1) is 11.0 Å². The van der Waals surface area contributed by atoms with E-state index >= 15 is 0 Å². The van der Waals surface area contributed by atoms with Crippen molar-refractivity contribution < 1.29 is 19.1 Å². The highest BCUT2D eigenvalue weighted by Gasteiger charge is 2.19. The number of aromatic nitrogens is 2. The first-order chi connectivity index (χ1) is 13.3. The Kier molecular flexibility index (Phi) is 5.49. The van der Waals surface area contributed by atoms with Crippen molar-refractivity contribution in [3.63, 3.8) is 0 Å². The monoisotopic (exact) mass is 383 g/mol. The highest BCUT2D eigenvalue weighted by molar-refractivity contribution is 5.96. The lowest BCUT2D eigenvalue weighted by Gasteiger charge is -2.15. The van der Waals surface area contributed by atoms with Crippen LogP contribution in [0.2, 0.25) is 0 Å². The fourth-order valence-corrected chi connectivity index (χ4v) is 2.66. The average molecular weight is 383 g/mol. The molecule has 1 atom stereocenters. The fraction of sp³-hybridized carbons (Fsp3) is 0.250. The van der Waals surface area contributed by atoms with Gasteiger partial charge in [0, 0.05) is 5.69 Å². The molecule has 0 saturated heterocycles. The quantitative estimate of drug-likeness (QED) is 0.566. The van der Waals surface area contributed by atoms with Crippen molar-refractivity contribution in [3.05, 3.63) is 58.0 Å². The molecule has 0 unspecified atom stereocenters. The third-order valence-corrected chi connectivity index (χ3v) is 4.36. The Morgan fingerprint density at radius 2 is 1.86 bits per heavy atom. The van der Waals surface area contributed by atoms with Crippen LogP contribution in [-0.4, -0.2) is 34.6 Å². The molecule has 0 aliphatic heterocycles. The van der Waals surface area contributed by atoms with Crippen molar-refractivity contribution >= 4 is 28.6 Å². The van der Waals surface area contributed by atoms with Crippen LogP contribution in [0.15, 0.2) is 41.2 Å². The molecule has 1 aromatic heterocycles. The lowest BCUT2D eigenvalue weighted by molar-refractivity contribution is -0.155. The minimum Gasteiger partial charge on any atom is -0.482 e. The Balaban J connectivity index is 1.54. The largest absolute Gasteiger partial charge is 0.482 e. The lowest BCUT2D eigenvalue weighted by Crippen LogP contribution is -2.31. The molecule has 2 aromatic carbocycles. The number of amides is 1. The Labute approximate surface area is 160 Å². The summed E-state index contributed by atoms with van der Waals surface area (Å²) in [6.45, 7) is 5.04. The van der Waals surface area contributed by atoms with E-state index in [-0.39, 0.29) is 12.3 Å². The van der Waals surface area contributed by atoms with E-state index in [1.807, 2.05) is 26.0 Å². The van der Waals surface area contributed by atoms with Gasteiger partial charge in [-0.2, -0.15) is 0 Å². The summed E-state index contributed by atoms with van der Waals surface area (Å²) in [6, 6.07) is 10.5. The summed E-state index contributed by atoms with van der Waals surface area (Å²) in [5.41, 5.74) is 3.34. The molecule has 0 saturated carbocycles. The number of benzene rings is 2. The van der Waals surface area contributed by atoms with Crippen molar-refractivity contribution in [3.8, 4) is 5.75 Å². The minimum absolute atomic E-state index is 0.293. The number of ether oxygens (including phenoxy) is 2.